The molecule has 41 heavy (non-hydrogen) atoms. The molecule has 3 aromatic rings. The molecule has 3 saturated heterocycles. The van der Waals surface area contributed by atoms with Crippen LogP contribution in [0, 0.1) is 5.92 Å². The molecule has 2 bridgehead atoms. The van der Waals surface area contributed by atoms with Crippen LogP contribution in [0.1, 0.15) is 47.7 Å². The van der Waals surface area contributed by atoms with Crippen molar-refractivity contribution in [2.45, 2.75) is 43.7 Å². The van der Waals surface area contributed by atoms with Crippen LogP contribution in [-0.2, 0) is 0 Å². The molecule has 3 unspecified atom stereocenters. The summed E-state index contributed by atoms with van der Waals surface area (Å²) in [5.74, 6) is 1.06. The van der Waals surface area contributed by atoms with Gasteiger partial charge in [-0.15, -0.1) is 10.2 Å². The maximum absolute atomic E-state index is 13.4. The number of rotatable bonds is 7. The van der Waals surface area contributed by atoms with Gasteiger partial charge in [-0.2, -0.15) is 4.98 Å². The van der Waals surface area contributed by atoms with E-state index in [4.69, 9.17) is 10.7 Å². The van der Waals surface area contributed by atoms with Gasteiger partial charge in [0.2, 0.25) is 5.95 Å². The Hall–Kier alpha value is -4.25. The summed E-state index contributed by atoms with van der Waals surface area (Å²) in [5.41, 5.74) is 8.70. The van der Waals surface area contributed by atoms with Gasteiger partial charge in [0.15, 0.2) is 11.5 Å². The molecule has 11 nitrogen and oxygen atoms in total. The molecule has 7 rings (SSSR count). The van der Waals surface area contributed by atoms with Crippen LogP contribution in [0.4, 0.5) is 27.9 Å². The third kappa shape index (κ3) is 4.84. The molecule has 212 valence electrons. The fraction of sp³-hybridized carbons (Fsp3) is 0.433. The first-order valence-electron chi connectivity index (χ1n) is 14.6. The van der Waals surface area contributed by atoms with E-state index in [9.17, 15) is 9.59 Å². The average molecular weight is 554 g/mol. The molecule has 3 amide bonds. The van der Waals surface area contributed by atoms with Crippen LogP contribution < -0.4 is 26.2 Å². The number of para-hydroxylation sites is 1. The highest BCUT2D eigenvalue weighted by Crippen LogP contribution is 2.43. The van der Waals surface area contributed by atoms with Crippen LogP contribution >= 0.6 is 0 Å². The van der Waals surface area contributed by atoms with Gasteiger partial charge in [0.05, 0.1) is 12.1 Å². The number of nitrogens with one attached hydrogen (secondary N) is 2. The van der Waals surface area contributed by atoms with E-state index >= 15 is 0 Å². The normalized spacial score (nSPS) is 24.3. The van der Waals surface area contributed by atoms with Crippen molar-refractivity contribution in [3.63, 3.8) is 0 Å². The minimum Gasteiger partial charge on any atom is -0.364 e. The van der Waals surface area contributed by atoms with Crippen LogP contribution in [0.3, 0.4) is 0 Å². The zero-order valence-corrected chi connectivity index (χ0v) is 22.9. The highest BCUT2D eigenvalue weighted by molar-refractivity contribution is 5.96. The zero-order chi connectivity index (χ0) is 27.9. The topological polar surface area (TPSA) is 133 Å². The van der Waals surface area contributed by atoms with E-state index in [0.717, 1.165) is 56.7 Å². The Morgan fingerprint density at radius 1 is 0.927 bits per heavy atom. The summed E-state index contributed by atoms with van der Waals surface area (Å²) in [6, 6.07) is 18.3. The summed E-state index contributed by atoms with van der Waals surface area (Å²) in [7, 11) is 0. The first-order chi connectivity index (χ1) is 20.0. The van der Waals surface area contributed by atoms with E-state index in [1.165, 1.54) is 5.56 Å². The number of hydrogen-bond acceptors (Lipinski definition) is 8. The number of carbonyl (C=O) groups is 2. The second-order valence-electron chi connectivity index (χ2n) is 11.5. The smallest absolute Gasteiger partial charge is 0.324 e. The van der Waals surface area contributed by atoms with Gasteiger partial charge in [-0.25, -0.2) is 4.79 Å². The largest absolute Gasteiger partial charge is 0.364 e. The lowest BCUT2D eigenvalue weighted by Gasteiger charge is -2.37. The summed E-state index contributed by atoms with van der Waals surface area (Å²) in [6.07, 6.45) is 4.20. The lowest BCUT2D eigenvalue weighted by atomic mass is 9.90. The van der Waals surface area contributed by atoms with Crippen molar-refractivity contribution in [3.05, 3.63) is 65.9 Å². The fourth-order valence-electron chi connectivity index (χ4n) is 7.09. The molecule has 1 aliphatic carbocycles. The van der Waals surface area contributed by atoms with Gasteiger partial charge in [-0.1, -0.05) is 30.3 Å². The monoisotopic (exact) mass is 553 g/mol. The molecule has 4 aliphatic rings. The van der Waals surface area contributed by atoms with E-state index in [1.54, 1.807) is 0 Å². The summed E-state index contributed by atoms with van der Waals surface area (Å²) in [6.45, 7) is 4.24. The maximum Gasteiger partial charge on any atom is 0.324 e. The van der Waals surface area contributed by atoms with E-state index in [-0.39, 0.29) is 23.8 Å². The third-order valence-corrected chi connectivity index (χ3v) is 9.11. The maximum atomic E-state index is 13.4. The molecule has 1 saturated carbocycles. The van der Waals surface area contributed by atoms with Crippen LogP contribution in [0.2, 0.25) is 0 Å². The summed E-state index contributed by atoms with van der Waals surface area (Å²) >= 11 is 0. The summed E-state index contributed by atoms with van der Waals surface area (Å²) in [5, 5.41) is 15.2. The number of carbonyl (C=O) groups excluding carboxylic acids is 2. The van der Waals surface area contributed by atoms with E-state index in [2.05, 4.69) is 37.9 Å². The summed E-state index contributed by atoms with van der Waals surface area (Å²) in [4.78, 5) is 36.4. The number of aromatic nitrogens is 3. The molecule has 4 fully saturated rings. The molecule has 3 atom stereocenters. The van der Waals surface area contributed by atoms with Crippen LogP contribution in [0.15, 0.2) is 54.6 Å². The second kappa shape index (κ2) is 10.6. The average Bonchev–Trinajstić information content (AvgIpc) is 3.73. The van der Waals surface area contributed by atoms with Crippen molar-refractivity contribution in [3.8, 4) is 0 Å². The first kappa shape index (κ1) is 25.7. The number of nitrogens with zero attached hydrogens (tertiary/aromatic N) is 6. The Bertz CT molecular complexity index is 1430. The number of piperidine rings is 2. The number of amides is 3. The fourth-order valence-corrected chi connectivity index (χ4v) is 7.09. The zero-order valence-electron chi connectivity index (χ0n) is 22.9. The number of anilines is 4. The molecule has 2 aromatic carbocycles. The predicted molar refractivity (Wildman–Crippen MR) is 156 cm³/mol. The Morgan fingerprint density at radius 3 is 2.37 bits per heavy atom. The highest BCUT2D eigenvalue weighted by atomic mass is 16.2. The number of urea groups is 1. The van der Waals surface area contributed by atoms with Gasteiger partial charge in [0.25, 0.3) is 5.91 Å². The molecule has 3 aliphatic heterocycles. The van der Waals surface area contributed by atoms with Gasteiger partial charge >= 0.3 is 6.03 Å². The Labute approximate surface area is 239 Å². The minimum absolute atomic E-state index is 0.00492. The summed E-state index contributed by atoms with van der Waals surface area (Å²) < 4.78 is 0. The molecule has 11 heteroatoms. The molecule has 0 spiro atoms. The molecular formula is C30H35N9O2. The number of hydrogen-bond donors (Lipinski definition) is 3. The molecular weight excluding hydrogens is 518 g/mol. The van der Waals surface area contributed by atoms with Crippen molar-refractivity contribution in [1.29, 1.82) is 0 Å². The van der Waals surface area contributed by atoms with E-state index < -0.39 is 5.91 Å². The lowest BCUT2D eigenvalue weighted by molar-refractivity contribution is 0.0995. The molecule has 4 heterocycles. The Kier molecular flexibility index (Phi) is 6.66. The first-order valence-corrected chi connectivity index (χ1v) is 14.6. The molecule has 4 N–H and O–H groups in total. The number of nitrogens with two attached hydrogens (primary N) is 1. The van der Waals surface area contributed by atoms with Crippen molar-refractivity contribution >= 4 is 35.1 Å². The van der Waals surface area contributed by atoms with Gasteiger partial charge in [-0.05, 0) is 80.4 Å². The number of benzene rings is 2. The second-order valence-corrected chi connectivity index (χ2v) is 11.5. The standard InChI is InChI=1S/C30H35N9O2/c31-27(40)26-28(33-22-8-6-20(7-9-22)21-10-12-32-13-11-21)34-29(36-35-26)39-18-19-16-24(25(39)17-19)38-15-14-37(30(38)41)23-4-2-1-3-5-23/h1-9,19,21,24-25,32H,10-18H2,(H2,31,40)(H,33,34,36). The minimum atomic E-state index is -0.685. The van der Waals surface area contributed by atoms with Gasteiger partial charge in [0.1, 0.15) is 0 Å². The SMILES string of the molecule is NC(=O)c1nnc(N2CC3CC(N4CCN(c5ccccc5)C4=O)C2C3)nc1Nc1ccc(C2CCNCC2)cc1. The quantitative estimate of drug-likeness (QED) is 0.407. The van der Waals surface area contributed by atoms with Crippen molar-refractivity contribution in [2.75, 3.05) is 47.8 Å². The molecule has 1 aromatic heterocycles. The third-order valence-electron chi connectivity index (χ3n) is 9.11. The Morgan fingerprint density at radius 2 is 1.66 bits per heavy atom. The highest BCUT2D eigenvalue weighted by Gasteiger charge is 2.51. The van der Waals surface area contributed by atoms with Crippen molar-refractivity contribution in [2.24, 2.45) is 11.7 Å². The van der Waals surface area contributed by atoms with Crippen LogP contribution in [0.25, 0.3) is 0 Å². The number of primary amides is 1. The van der Waals surface area contributed by atoms with Crippen LogP contribution in [-0.4, -0.2) is 76.8 Å². The van der Waals surface area contributed by atoms with Crippen molar-refractivity contribution in [1.82, 2.24) is 25.4 Å². The van der Waals surface area contributed by atoms with E-state index in [0.29, 0.717) is 36.7 Å². The molecule has 0 radical (unpaired) electrons. The van der Waals surface area contributed by atoms with Gasteiger partial charge in [-0.3, -0.25) is 9.69 Å². The van der Waals surface area contributed by atoms with Crippen LogP contribution in [0.5, 0.6) is 0 Å². The Balaban J connectivity index is 1.10. The lowest BCUT2D eigenvalue weighted by Crippen LogP contribution is -2.52. The van der Waals surface area contributed by atoms with Crippen molar-refractivity contribution < 1.29 is 9.59 Å². The van der Waals surface area contributed by atoms with E-state index in [1.807, 2.05) is 52.3 Å². The predicted octanol–water partition coefficient (Wildman–Crippen LogP) is 3.09. The van der Waals surface area contributed by atoms with Gasteiger partial charge in [0, 0.05) is 31.0 Å². The van der Waals surface area contributed by atoms with Gasteiger partial charge < -0.3 is 26.2 Å². The number of fused-ring (bicyclic) bond motifs is 2.